The van der Waals surface area contributed by atoms with Gasteiger partial charge in [-0.25, -0.2) is 8.78 Å². The van der Waals surface area contributed by atoms with E-state index < -0.39 is 11.6 Å². The molecular weight excluding hydrogens is 256 g/mol. The number of hydrogen-bond donors (Lipinski definition) is 1. The number of hydrogen-bond acceptors (Lipinski definition) is 3. The summed E-state index contributed by atoms with van der Waals surface area (Å²) in [4.78, 5) is 0. The summed E-state index contributed by atoms with van der Waals surface area (Å²) in [7, 11) is 0. The fourth-order valence-electron chi connectivity index (χ4n) is 1.53. The van der Waals surface area contributed by atoms with Crippen LogP contribution in [0.15, 0.2) is 34.7 Å². The molecule has 2 rings (SSSR count). The van der Waals surface area contributed by atoms with Crippen LogP contribution in [0.3, 0.4) is 0 Å². The first-order valence-corrected chi connectivity index (χ1v) is 6.84. The summed E-state index contributed by atoms with van der Waals surface area (Å²) < 4.78 is 31.2. The number of halogens is 2. The molecule has 0 fully saturated rings. The Morgan fingerprint density at radius 2 is 1.89 bits per heavy atom. The minimum absolute atomic E-state index is 0.444. The third-order valence-corrected chi connectivity index (χ3v) is 2.96. The van der Waals surface area contributed by atoms with Crippen molar-refractivity contribution < 1.29 is 13.2 Å². The summed E-state index contributed by atoms with van der Waals surface area (Å²) in [5.41, 5.74) is 0.525. The first-order chi connectivity index (χ1) is 8.69. The van der Waals surface area contributed by atoms with E-state index in [1.165, 1.54) is 6.07 Å². The van der Waals surface area contributed by atoms with Gasteiger partial charge in [0.2, 0.25) is 0 Å². The normalized spacial score (nSPS) is 10.6. The maximum absolute atomic E-state index is 13.0. The van der Waals surface area contributed by atoms with E-state index in [1.807, 2.05) is 18.4 Å². The van der Waals surface area contributed by atoms with Crippen LogP contribution < -0.4 is 5.32 Å². The summed E-state index contributed by atoms with van der Waals surface area (Å²) in [5.74, 6) is 0.794. The standard InChI is InChI=1S/C13H13F2NOS/c1-18-8-11-4-3-10(17-11)7-16-9-2-5-12(14)13(15)6-9/h2-6,16H,7-8H2,1H3. The number of benzene rings is 1. The van der Waals surface area contributed by atoms with E-state index in [4.69, 9.17) is 4.42 Å². The van der Waals surface area contributed by atoms with Crippen LogP contribution in [0.25, 0.3) is 0 Å². The zero-order valence-corrected chi connectivity index (χ0v) is 10.7. The van der Waals surface area contributed by atoms with Crippen LogP contribution in [-0.2, 0) is 12.3 Å². The van der Waals surface area contributed by atoms with Gasteiger partial charge in [0.05, 0.1) is 12.3 Å². The summed E-state index contributed by atoms with van der Waals surface area (Å²) in [6, 6.07) is 7.50. The first kappa shape index (κ1) is 13.0. The van der Waals surface area contributed by atoms with E-state index in [9.17, 15) is 8.78 Å². The summed E-state index contributed by atoms with van der Waals surface area (Å²) in [6.45, 7) is 0.444. The molecular formula is C13H13F2NOS. The van der Waals surface area contributed by atoms with Crippen molar-refractivity contribution >= 4 is 17.4 Å². The van der Waals surface area contributed by atoms with Crippen molar-refractivity contribution in [1.82, 2.24) is 0 Å². The van der Waals surface area contributed by atoms with Gasteiger partial charge in [0, 0.05) is 11.8 Å². The Balaban J connectivity index is 1.95. The van der Waals surface area contributed by atoms with Crippen molar-refractivity contribution in [1.29, 1.82) is 0 Å². The molecule has 0 saturated carbocycles. The predicted octanol–water partition coefficient (Wildman–Crippen LogP) is 4.03. The maximum atomic E-state index is 13.0. The van der Waals surface area contributed by atoms with Gasteiger partial charge in [-0.1, -0.05) is 0 Å². The van der Waals surface area contributed by atoms with Gasteiger partial charge in [-0.2, -0.15) is 11.8 Å². The molecule has 1 aromatic carbocycles. The van der Waals surface area contributed by atoms with Gasteiger partial charge in [-0.15, -0.1) is 0 Å². The molecule has 0 aliphatic rings. The molecule has 5 heteroatoms. The number of anilines is 1. The lowest BCUT2D eigenvalue weighted by atomic mass is 10.3. The Morgan fingerprint density at radius 1 is 1.11 bits per heavy atom. The van der Waals surface area contributed by atoms with E-state index >= 15 is 0 Å². The third-order valence-electron chi connectivity index (χ3n) is 2.39. The van der Waals surface area contributed by atoms with Crippen molar-refractivity contribution in [3.63, 3.8) is 0 Å². The molecule has 0 spiro atoms. The summed E-state index contributed by atoms with van der Waals surface area (Å²) in [6.07, 6.45) is 2.00. The molecule has 0 unspecified atom stereocenters. The van der Waals surface area contributed by atoms with Crippen molar-refractivity contribution in [3.05, 3.63) is 53.5 Å². The number of rotatable bonds is 5. The van der Waals surface area contributed by atoms with Gasteiger partial charge in [-0.3, -0.25) is 0 Å². The van der Waals surface area contributed by atoms with Crippen LogP contribution in [0.1, 0.15) is 11.5 Å². The predicted molar refractivity (Wildman–Crippen MR) is 69.6 cm³/mol. The summed E-state index contributed by atoms with van der Waals surface area (Å²) in [5, 5.41) is 2.98. The quantitative estimate of drug-likeness (QED) is 0.887. The van der Waals surface area contributed by atoms with E-state index in [0.717, 1.165) is 29.4 Å². The van der Waals surface area contributed by atoms with E-state index in [0.29, 0.717) is 12.2 Å². The second-order valence-electron chi connectivity index (χ2n) is 3.78. The number of furan rings is 1. The minimum atomic E-state index is -0.859. The average molecular weight is 269 g/mol. The number of nitrogens with one attached hydrogen (secondary N) is 1. The molecule has 1 aromatic heterocycles. The van der Waals surface area contributed by atoms with Crippen molar-refractivity contribution in [2.75, 3.05) is 11.6 Å². The van der Waals surface area contributed by atoms with Gasteiger partial charge >= 0.3 is 0 Å². The zero-order chi connectivity index (χ0) is 13.0. The van der Waals surface area contributed by atoms with Crippen molar-refractivity contribution in [3.8, 4) is 0 Å². The van der Waals surface area contributed by atoms with Gasteiger partial charge in [0.25, 0.3) is 0 Å². The van der Waals surface area contributed by atoms with Gasteiger partial charge in [0.15, 0.2) is 11.6 Å². The molecule has 0 radical (unpaired) electrons. The highest BCUT2D eigenvalue weighted by Gasteiger charge is 2.04. The molecule has 0 aliphatic heterocycles. The average Bonchev–Trinajstić information content (AvgIpc) is 2.79. The van der Waals surface area contributed by atoms with Gasteiger partial charge < -0.3 is 9.73 Å². The topological polar surface area (TPSA) is 25.2 Å². The molecule has 2 aromatic rings. The van der Waals surface area contributed by atoms with Crippen molar-refractivity contribution in [2.45, 2.75) is 12.3 Å². The molecule has 18 heavy (non-hydrogen) atoms. The molecule has 0 saturated heterocycles. The maximum Gasteiger partial charge on any atom is 0.160 e. The summed E-state index contributed by atoms with van der Waals surface area (Å²) >= 11 is 1.68. The Morgan fingerprint density at radius 3 is 2.61 bits per heavy atom. The van der Waals surface area contributed by atoms with Crippen LogP contribution >= 0.6 is 11.8 Å². The number of thioether (sulfide) groups is 1. The van der Waals surface area contributed by atoms with Gasteiger partial charge in [-0.05, 0) is 30.5 Å². The van der Waals surface area contributed by atoms with E-state index in [1.54, 1.807) is 11.8 Å². The lowest BCUT2D eigenvalue weighted by molar-refractivity contribution is 0.487. The van der Waals surface area contributed by atoms with Crippen LogP contribution in [0.2, 0.25) is 0 Å². The first-order valence-electron chi connectivity index (χ1n) is 5.44. The Kier molecular flexibility index (Phi) is 4.25. The SMILES string of the molecule is CSCc1ccc(CNc2ccc(F)c(F)c2)o1. The molecule has 1 N–H and O–H groups in total. The highest BCUT2D eigenvalue weighted by atomic mass is 32.2. The zero-order valence-electron chi connectivity index (χ0n) is 9.87. The highest BCUT2D eigenvalue weighted by molar-refractivity contribution is 7.97. The molecule has 0 atom stereocenters. The fraction of sp³-hybridized carbons (Fsp3) is 0.231. The minimum Gasteiger partial charge on any atom is -0.463 e. The molecule has 2 nitrogen and oxygen atoms in total. The molecule has 0 bridgehead atoms. The van der Waals surface area contributed by atoms with Gasteiger partial charge in [0.1, 0.15) is 11.5 Å². The second kappa shape index (κ2) is 5.91. The lowest BCUT2D eigenvalue weighted by Gasteiger charge is -2.04. The highest BCUT2D eigenvalue weighted by Crippen LogP contribution is 2.17. The molecule has 1 heterocycles. The fourth-order valence-corrected chi connectivity index (χ4v) is 1.97. The van der Waals surface area contributed by atoms with Crippen LogP contribution in [-0.4, -0.2) is 6.26 Å². The smallest absolute Gasteiger partial charge is 0.160 e. The molecule has 96 valence electrons. The Bertz CT molecular complexity index is 527. The Labute approximate surface area is 108 Å². The largest absolute Gasteiger partial charge is 0.463 e. The van der Waals surface area contributed by atoms with Crippen LogP contribution in [0.4, 0.5) is 14.5 Å². The van der Waals surface area contributed by atoms with Crippen LogP contribution in [0, 0.1) is 11.6 Å². The second-order valence-corrected chi connectivity index (χ2v) is 4.65. The third kappa shape index (κ3) is 3.26. The van der Waals surface area contributed by atoms with Crippen LogP contribution in [0.5, 0.6) is 0 Å². The monoisotopic (exact) mass is 269 g/mol. The molecule has 0 amide bonds. The van der Waals surface area contributed by atoms with E-state index in [2.05, 4.69) is 5.32 Å². The Hall–Kier alpha value is -1.49. The van der Waals surface area contributed by atoms with Crippen molar-refractivity contribution in [2.24, 2.45) is 0 Å². The lowest BCUT2D eigenvalue weighted by Crippen LogP contribution is -1.99. The van der Waals surface area contributed by atoms with E-state index in [-0.39, 0.29) is 0 Å². The molecule has 0 aliphatic carbocycles.